The van der Waals surface area contributed by atoms with Crippen molar-refractivity contribution in [3.63, 3.8) is 0 Å². The van der Waals surface area contributed by atoms with Gasteiger partial charge >= 0.3 is 5.92 Å². The van der Waals surface area contributed by atoms with Gasteiger partial charge in [0.1, 0.15) is 0 Å². The summed E-state index contributed by atoms with van der Waals surface area (Å²) in [6.07, 6.45) is 9.45. The molecular weight excluding hydrogens is 354 g/mol. The molecule has 0 spiro atoms. The minimum Gasteiger partial charge on any atom is -0.287 e. The normalized spacial score (nSPS) is 20.0. The van der Waals surface area contributed by atoms with E-state index in [-0.39, 0.29) is 5.56 Å². The number of rotatable bonds is 7. The quantitative estimate of drug-likeness (QED) is 0.359. The van der Waals surface area contributed by atoms with E-state index in [2.05, 4.69) is 30.8 Å². The van der Waals surface area contributed by atoms with Crippen molar-refractivity contribution in [2.75, 3.05) is 0 Å². The largest absolute Gasteiger partial charge is 0.307 e. The van der Waals surface area contributed by atoms with Crippen LogP contribution in [-0.4, -0.2) is 11.7 Å². The lowest BCUT2D eigenvalue weighted by molar-refractivity contribution is 0.0221. The summed E-state index contributed by atoms with van der Waals surface area (Å²) in [6, 6.07) is 15.0. The second-order valence-corrected chi connectivity index (χ2v) is 8.00. The van der Waals surface area contributed by atoms with E-state index in [0.29, 0.717) is 12.8 Å². The van der Waals surface area contributed by atoms with Crippen molar-refractivity contribution in [3.05, 3.63) is 72.3 Å². The van der Waals surface area contributed by atoms with Crippen LogP contribution in [0.5, 0.6) is 0 Å². The molecule has 1 nitrogen and oxygen atoms in total. The van der Waals surface area contributed by atoms with Gasteiger partial charge in [0, 0.05) is 12.5 Å². The number of alkyl halides is 2. The fraction of sp³-hybridized carbons (Fsp3) is 0.400. The minimum atomic E-state index is -3.34. The first-order chi connectivity index (χ1) is 13.4. The monoisotopic (exact) mass is 382 g/mol. The summed E-state index contributed by atoms with van der Waals surface area (Å²) < 4.78 is 26.4. The van der Waals surface area contributed by atoms with Crippen LogP contribution in [0.15, 0.2) is 61.2 Å². The second kappa shape index (κ2) is 8.81. The Morgan fingerprint density at radius 1 is 1.00 bits per heavy atom. The number of carbonyl (C=O) groups is 1. The van der Waals surface area contributed by atoms with Crippen molar-refractivity contribution in [1.82, 2.24) is 0 Å². The van der Waals surface area contributed by atoms with Gasteiger partial charge in [-0.15, -0.1) is 6.58 Å². The molecule has 0 N–H and O–H groups in total. The van der Waals surface area contributed by atoms with Crippen LogP contribution in [0.25, 0.3) is 11.1 Å². The van der Waals surface area contributed by atoms with Gasteiger partial charge in [0.25, 0.3) is 0 Å². The smallest absolute Gasteiger partial charge is 0.287 e. The Labute approximate surface area is 166 Å². The van der Waals surface area contributed by atoms with Gasteiger partial charge in [-0.05, 0) is 67.1 Å². The summed E-state index contributed by atoms with van der Waals surface area (Å²) in [6.45, 7) is 4.45. The number of hydrogen-bond donors (Lipinski definition) is 0. The molecule has 2 aromatic rings. The van der Waals surface area contributed by atoms with Crippen molar-refractivity contribution in [2.24, 2.45) is 5.92 Å². The Hall–Kier alpha value is -2.29. The first kappa shape index (κ1) is 20.4. The average Bonchev–Trinajstić information content (AvgIpc) is 2.72. The fourth-order valence-corrected chi connectivity index (χ4v) is 4.15. The van der Waals surface area contributed by atoms with E-state index in [1.165, 1.54) is 49.8 Å². The Kier molecular flexibility index (Phi) is 6.43. The molecule has 0 atom stereocenters. The van der Waals surface area contributed by atoms with Crippen LogP contribution in [0.3, 0.4) is 0 Å². The number of carbonyl (C=O) groups excluding carboxylic acids is 1. The highest BCUT2D eigenvalue weighted by Gasteiger charge is 2.32. The maximum atomic E-state index is 13.2. The molecule has 1 saturated carbocycles. The molecule has 0 saturated heterocycles. The zero-order valence-electron chi connectivity index (χ0n) is 16.5. The summed E-state index contributed by atoms with van der Waals surface area (Å²) in [5.41, 5.74) is 3.38. The SMILES string of the molecule is C=CCCC1CCC(c2ccc(-c3ccc(C(=O)C(C)(F)F)cc3)cc2)CC1. The molecule has 0 radical (unpaired) electrons. The summed E-state index contributed by atoms with van der Waals surface area (Å²) >= 11 is 0. The zero-order chi connectivity index (χ0) is 20.1. The molecule has 0 heterocycles. The van der Waals surface area contributed by atoms with Crippen LogP contribution >= 0.6 is 0 Å². The molecule has 0 aromatic heterocycles. The van der Waals surface area contributed by atoms with E-state index in [4.69, 9.17) is 0 Å². The van der Waals surface area contributed by atoms with E-state index in [9.17, 15) is 13.6 Å². The number of hydrogen-bond acceptors (Lipinski definition) is 1. The van der Waals surface area contributed by atoms with Gasteiger partial charge in [-0.2, -0.15) is 8.78 Å². The molecule has 1 aliphatic rings. The molecule has 3 rings (SSSR count). The fourth-order valence-electron chi connectivity index (χ4n) is 4.15. The number of benzene rings is 2. The standard InChI is InChI=1S/C25H28F2O/c1-3-4-5-18-6-8-19(9-7-18)20-10-12-21(13-11-20)22-14-16-23(17-15-22)24(28)25(2,26)27/h3,10-19H,1,4-9H2,2H3. The van der Waals surface area contributed by atoms with Crippen LogP contribution in [0.1, 0.15) is 67.3 Å². The molecule has 0 bridgehead atoms. The Morgan fingerprint density at radius 2 is 1.54 bits per heavy atom. The molecule has 1 fully saturated rings. The van der Waals surface area contributed by atoms with E-state index in [1.807, 2.05) is 6.08 Å². The Bertz CT molecular complexity index is 792. The molecule has 0 unspecified atom stereocenters. The molecule has 2 aromatic carbocycles. The predicted molar refractivity (Wildman–Crippen MR) is 111 cm³/mol. The number of allylic oxidation sites excluding steroid dienone is 1. The second-order valence-electron chi connectivity index (χ2n) is 8.00. The van der Waals surface area contributed by atoms with Crippen molar-refractivity contribution in [3.8, 4) is 11.1 Å². The van der Waals surface area contributed by atoms with E-state index >= 15 is 0 Å². The van der Waals surface area contributed by atoms with Gasteiger partial charge < -0.3 is 0 Å². The highest BCUT2D eigenvalue weighted by molar-refractivity contribution is 6.01. The summed E-state index contributed by atoms with van der Waals surface area (Å²) in [4.78, 5) is 11.7. The lowest BCUT2D eigenvalue weighted by atomic mass is 9.77. The van der Waals surface area contributed by atoms with Gasteiger partial charge in [0.15, 0.2) is 0 Å². The molecule has 1 aliphatic carbocycles. The van der Waals surface area contributed by atoms with Crippen LogP contribution in [0.2, 0.25) is 0 Å². The zero-order valence-corrected chi connectivity index (χ0v) is 16.5. The summed E-state index contributed by atoms with van der Waals surface area (Å²) in [7, 11) is 0. The van der Waals surface area contributed by atoms with E-state index in [0.717, 1.165) is 23.5 Å². The van der Waals surface area contributed by atoms with Gasteiger partial charge in [-0.1, -0.05) is 54.6 Å². The highest BCUT2D eigenvalue weighted by Crippen LogP contribution is 2.38. The lowest BCUT2D eigenvalue weighted by Crippen LogP contribution is -2.24. The van der Waals surface area contributed by atoms with E-state index in [1.54, 1.807) is 12.1 Å². The maximum Gasteiger partial charge on any atom is 0.307 e. The topological polar surface area (TPSA) is 17.1 Å². The van der Waals surface area contributed by atoms with Crippen molar-refractivity contribution < 1.29 is 13.6 Å². The third-order valence-corrected chi connectivity index (χ3v) is 5.89. The number of Topliss-reactive ketones (excluding diaryl/α,β-unsaturated/α-hetero) is 1. The summed E-state index contributed by atoms with van der Waals surface area (Å²) in [5, 5.41) is 0. The minimum absolute atomic E-state index is 0.0427. The van der Waals surface area contributed by atoms with Crippen molar-refractivity contribution in [2.45, 2.75) is 57.3 Å². The van der Waals surface area contributed by atoms with Crippen molar-refractivity contribution >= 4 is 5.78 Å². The van der Waals surface area contributed by atoms with Crippen LogP contribution in [-0.2, 0) is 0 Å². The summed E-state index contributed by atoms with van der Waals surface area (Å²) in [5.74, 6) is -3.02. The molecule has 0 amide bonds. The lowest BCUT2D eigenvalue weighted by Gasteiger charge is -2.28. The van der Waals surface area contributed by atoms with Gasteiger partial charge in [-0.3, -0.25) is 4.79 Å². The molecule has 148 valence electrons. The predicted octanol–water partition coefficient (Wildman–Crippen LogP) is 7.43. The molecule has 0 aliphatic heterocycles. The number of halogens is 2. The van der Waals surface area contributed by atoms with Crippen LogP contribution < -0.4 is 0 Å². The van der Waals surface area contributed by atoms with Crippen LogP contribution in [0.4, 0.5) is 8.78 Å². The van der Waals surface area contributed by atoms with Crippen LogP contribution in [0, 0.1) is 5.92 Å². The first-order valence-corrected chi connectivity index (χ1v) is 10.1. The van der Waals surface area contributed by atoms with E-state index < -0.39 is 11.7 Å². The van der Waals surface area contributed by atoms with Crippen molar-refractivity contribution in [1.29, 1.82) is 0 Å². The molecule has 3 heteroatoms. The average molecular weight is 382 g/mol. The Balaban J connectivity index is 1.63. The maximum absolute atomic E-state index is 13.2. The molecule has 28 heavy (non-hydrogen) atoms. The highest BCUT2D eigenvalue weighted by atomic mass is 19.3. The van der Waals surface area contributed by atoms with Gasteiger partial charge in [0.05, 0.1) is 0 Å². The van der Waals surface area contributed by atoms with Gasteiger partial charge in [0.2, 0.25) is 5.78 Å². The Morgan fingerprint density at radius 3 is 2.04 bits per heavy atom. The van der Waals surface area contributed by atoms with Gasteiger partial charge in [-0.25, -0.2) is 0 Å². The third-order valence-electron chi connectivity index (χ3n) is 5.89. The number of ketones is 1. The third kappa shape index (κ3) is 4.95. The first-order valence-electron chi connectivity index (χ1n) is 10.1. The molecular formula is C25H28F2O.